The minimum atomic E-state index is -0.927. The van der Waals surface area contributed by atoms with Gasteiger partial charge in [0, 0.05) is 18.4 Å². The smallest absolute Gasteiger partial charge is 0.213 e. The number of nitrogens with two attached hydrogens (primary N) is 2. The molecule has 2 saturated heterocycles. The number of hydrogen-bond acceptors (Lipinski definition) is 8. The molecule has 2 rings (SSSR count). The van der Waals surface area contributed by atoms with Gasteiger partial charge in [0.2, 0.25) is 2.86 Å². The van der Waals surface area contributed by atoms with Crippen molar-refractivity contribution >= 4 is 25.5 Å². The summed E-state index contributed by atoms with van der Waals surface area (Å²) in [4.78, 5) is 11.3. The van der Waals surface area contributed by atoms with Crippen LogP contribution in [0.1, 0.15) is 40.5 Å². The second-order valence-corrected chi connectivity index (χ2v) is 6.62. The Bertz CT molecular complexity index is 454. The third-order valence-corrected chi connectivity index (χ3v) is 3.97. The van der Waals surface area contributed by atoms with Gasteiger partial charge < -0.3 is 36.3 Å². The Balaban J connectivity index is 0. The lowest BCUT2D eigenvalue weighted by Crippen LogP contribution is -2.59. The molecule has 2 aliphatic rings. The molecule has 0 spiro atoms. The van der Waals surface area contributed by atoms with Crippen LogP contribution < -0.4 is 11.5 Å². The number of carbonyl (C=O) groups is 1. The highest BCUT2D eigenvalue weighted by Crippen LogP contribution is 2.25. The number of ether oxygens (including phenoxy) is 2. The molecule has 24 heavy (non-hydrogen) atoms. The summed E-state index contributed by atoms with van der Waals surface area (Å²) in [6, 6.07) is 0. The molecule has 10 heteroatoms. The van der Waals surface area contributed by atoms with Crippen molar-refractivity contribution in [3.63, 3.8) is 0 Å². The average molecular weight is 394 g/mol. The van der Waals surface area contributed by atoms with E-state index >= 15 is 0 Å². The van der Waals surface area contributed by atoms with Gasteiger partial charge in [-0.2, -0.15) is 19.7 Å². The van der Waals surface area contributed by atoms with Crippen molar-refractivity contribution in [2.45, 2.75) is 82.5 Å². The molecule has 146 valence electrons. The molecule has 0 saturated carbocycles. The second-order valence-electron chi connectivity index (χ2n) is 6.62. The summed E-state index contributed by atoms with van der Waals surface area (Å²) in [5.41, 5.74) is 9.81. The predicted octanol–water partition coefficient (Wildman–Crippen LogP) is -1.29. The minimum Gasteiger partial charge on any atom is -0.389 e. The Morgan fingerprint density at radius 1 is 1.21 bits per heavy atom. The third kappa shape index (κ3) is 6.87. The number of ketones is 1. The molecule has 8 nitrogen and oxygen atoms in total. The summed E-state index contributed by atoms with van der Waals surface area (Å²) in [5, 5.41) is 18.1. The van der Waals surface area contributed by atoms with Gasteiger partial charge in [-0.05, 0) is 27.7 Å². The van der Waals surface area contributed by atoms with E-state index in [1.165, 1.54) is 0 Å². The van der Waals surface area contributed by atoms with E-state index in [0.29, 0.717) is 6.42 Å². The molecule has 0 aromatic rings. The van der Waals surface area contributed by atoms with Crippen LogP contribution in [0.4, 0.5) is 0 Å². The Morgan fingerprint density at radius 3 is 2.12 bits per heavy atom. The highest BCUT2D eigenvalue weighted by Gasteiger charge is 2.41. The lowest BCUT2D eigenvalue weighted by atomic mass is 9.86. The van der Waals surface area contributed by atoms with E-state index in [0.717, 1.165) is 0 Å². The molecule has 2 aliphatic heterocycles. The van der Waals surface area contributed by atoms with Crippen molar-refractivity contribution in [1.82, 2.24) is 0 Å². The van der Waals surface area contributed by atoms with Gasteiger partial charge in [-0.25, -0.2) is 0 Å². The van der Waals surface area contributed by atoms with Crippen molar-refractivity contribution < 1.29 is 29.6 Å². The standard InChI is InChI=1S/C7H15NO3.C7H13NO3.2H3P/c2*1-4-6(10)7(2,8)3-5(9)11-4;;/h4-6,9-10H,3,8H2,1-2H3;4-5,9H,3,8H2,1-2H3;2*1H3/t4?,5?,6-,7+;4?,5?,7-;;/m01../s1/i2*9T;2*1D. The Kier molecular flexibility index (Phi) is 7.78. The molecule has 0 radical (unpaired) electrons. The van der Waals surface area contributed by atoms with Gasteiger partial charge in [0.15, 0.2) is 18.4 Å². The van der Waals surface area contributed by atoms with E-state index in [2.05, 4.69) is 10.2 Å². The minimum absolute atomic E-state index is 0.143. The van der Waals surface area contributed by atoms with E-state index in [-0.39, 0.29) is 18.3 Å². The molecular weight excluding hydrogens is 354 g/mol. The van der Waals surface area contributed by atoms with Crippen LogP contribution in [0.15, 0.2) is 0 Å². The van der Waals surface area contributed by atoms with Gasteiger partial charge in [-0.1, -0.05) is 0 Å². The zero-order valence-corrected chi connectivity index (χ0v) is 16.9. The zero-order chi connectivity index (χ0) is 22.7. The number of carbonyl (C=O) groups excluding carboxylic acids is 1. The van der Waals surface area contributed by atoms with Gasteiger partial charge in [0.05, 0.1) is 20.3 Å². The van der Waals surface area contributed by atoms with Crippen LogP contribution in [0.5, 0.6) is 0 Å². The van der Waals surface area contributed by atoms with E-state index < -0.39 is 35.9 Å². The molecule has 0 aromatic heterocycles. The molecular formula is C14H34N2O6P2. The van der Waals surface area contributed by atoms with E-state index in [1.54, 1.807) is 47.4 Å². The van der Waals surface area contributed by atoms with Gasteiger partial charge in [0.1, 0.15) is 6.10 Å². The van der Waals surface area contributed by atoms with Crippen molar-refractivity contribution in [3.05, 3.63) is 0 Å². The highest BCUT2D eigenvalue weighted by atomic mass is 31.0. The van der Waals surface area contributed by atoms with Crippen LogP contribution in [-0.4, -0.2) is 68.5 Å². The normalized spacial score (nSPS) is 46.9. The molecule has 6 unspecified atom stereocenters. The largest absolute Gasteiger partial charge is 0.389 e. The fourth-order valence-electron chi connectivity index (χ4n) is 2.63. The Hall–Kier alpha value is 0.250. The maximum Gasteiger partial charge on any atom is 0.213 e. The first-order chi connectivity index (χ1) is 12.9. The van der Waals surface area contributed by atoms with Crippen molar-refractivity contribution in [3.8, 4) is 0 Å². The van der Waals surface area contributed by atoms with Crippen molar-refractivity contribution in [2.24, 2.45) is 11.5 Å². The number of rotatable bonds is 2. The quantitative estimate of drug-likeness (QED) is 0.363. The average Bonchev–Trinajstić information content (AvgIpc) is 2.66. The third-order valence-electron chi connectivity index (χ3n) is 3.97. The predicted molar refractivity (Wildman–Crippen MR) is 101 cm³/mol. The molecule has 2 heterocycles. The van der Waals surface area contributed by atoms with E-state index in [4.69, 9.17) is 26.4 Å². The summed E-state index contributed by atoms with van der Waals surface area (Å²) >= 11 is 0. The lowest BCUT2D eigenvalue weighted by molar-refractivity contribution is -0.215. The van der Waals surface area contributed by atoms with Crippen LogP contribution in [0.2, 0.25) is 0 Å². The molecule has 0 aliphatic carbocycles. The first-order valence-electron chi connectivity index (χ1n) is 9.26. The molecule has 2 fully saturated rings. The highest BCUT2D eigenvalue weighted by molar-refractivity contribution is 6.92. The molecule has 9 atom stereocenters. The van der Waals surface area contributed by atoms with Gasteiger partial charge in [0.25, 0.3) is 0 Å². The van der Waals surface area contributed by atoms with Crippen LogP contribution >= 0.6 is 19.7 Å². The molecule has 0 aromatic carbocycles. The number of hydrogen-bond donors (Lipinski definition) is 5. The van der Waals surface area contributed by atoms with E-state index in [1.807, 2.05) is 0 Å². The van der Waals surface area contributed by atoms with Crippen molar-refractivity contribution in [2.75, 3.05) is 0 Å². The molecule has 0 amide bonds. The fourth-order valence-corrected chi connectivity index (χ4v) is 2.63. The molecule has 7 N–H and O–H groups in total. The van der Waals surface area contributed by atoms with Crippen LogP contribution in [0.25, 0.3) is 0 Å². The van der Waals surface area contributed by atoms with Gasteiger partial charge in [-0.15, -0.1) is 0 Å². The summed E-state index contributed by atoms with van der Waals surface area (Å²) in [7, 11) is 3.33. The van der Waals surface area contributed by atoms with E-state index in [9.17, 15) is 9.90 Å². The molecule has 0 bridgehead atoms. The zero-order valence-electron chi connectivity index (χ0n) is 18.6. The van der Waals surface area contributed by atoms with Crippen LogP contribution in [-0.2, 0) is 14.3 Å². The maximum absolute atomic E-state index is 11.3. The second kappa shape index (κ2) is 9.81. The fraction of sp³-hybridized carbons (Fsp3) is 0.929. The van der Waals surface area contributed by atoms with Gasteiger partial charge >= 0.3 is 0 Å². The van der Waals surface area contributed by atoms with Crippen LogP contribution in [0, 0.1) is 0 Å². The topological polar surface area (TPSA) is 148 Å². The number of aliphatic hydroxyl groups excluding tert-OH is 3. The SMILES string of the molecule is [2H]P.[2H]P.[3H]OC1C[C@@](C)(N)C(=O)C(C)O1.[3H]OC1C[C@@](C)(N)[C@@H](O)C(C)O1. The first kappa shape index (κ1) is 19.0. The first-order valence-corrected chi connectivity index (χ1v) is 7.29. The van der Waals surface area contributed by atoms with Crippen LogP contribution in [0.3, 0.4) is 0 Å². The summed E-state index contributed by atoms with van der Waals surface area (Å²) < 4.78 is 34.8. The Labute approximate surface area is 155 Å². The summed E-state index contributed by atoms with van der Waals surface area (Å²) in [6.07, 6.45) is -2.41. The summed E-state index contributed by atoms with van der Waals surface area (Å²) in [6.45, 7) is 6.67. The summed E-state index contributed by atoms with van der Waals surface area (Å²) in [5.74, 6) is -0.143. The maximum atomic E-state index is 11.3. The monoisotopic (exact) mass is 394 g/mol. The lowest BCUT2D eigenvalue weighted by Gasteiger charge is -2.41. The van der Waals surface area contributed by atoms with Crippen molar-refractivity contribution in [1.29, 1.82) is 5.42 Å². The Morgan fingerprint density at radius 2 is 1.71 bits per heavy atom. The number of Topliss-reactive ketones (excluding diaryl/α,β-unsaturated/α-hetero) is 1. The van der Waals surface area contributed by atoms with Gasteiger partial charge in [-0.3, -0.25) is 4.79 Å². The number of aliphatic hydroxyl groups is 3.